The molecule has 2 amide bonds. The predicted molar refractivity (Wildman–Crippen MR) is 91.4 cm³/mol. The molecule has 1 aliphatic carbocycles. The van der Waals surface area contributed by atoms with E-state index in [1.54, 1.807) is 18.5 Å². The molecule has 2 aromatic heterocycles. The smallest absolute Gasteiger partial charge is 0.249 e. The lowest BCUT2D eigenvalue weighted by Crippen LogP contribution is -2.19. The number of nitrogens with two attached hydrogens (primary N) is 1. The SMILES string of the molecule is CC(C)c1ccncc1-c1c(C(N)=O)ccnc1NC(=O)C1CC1. The third-order valence-electron chi connectivity index (χ3n) is 4.15. The van der Waals surface area contributed by atoms with Gasteiger partial charge < -0.3 is 11.1 Å². The number of hydrogen-bond donors (Lipinski definition) is 2. The molecule has 124 valence electrons. The van der Waals surface area contributed by atoms with Gasteiger partial charge in [-0.3, -0.25) is 14.6 Å². The van der Waals surface area contributed by atoms with Crippen LogP contribution in [0.25, 0.3) is 11.1 Å². The lowest BCUT2D eigenvalue weighted by atomic mass is 9.92. The molecule has 0 atom stereocenters. The maximum absolute atomic E-state index is 12.2. The molecule has 0 radical (unpaired) electrons. The Kier molecular flexibility index (Phi) is 4.29. The number of hydrogen-bond acceptors (Lipinski definition) is 4. The topological polar surface area (TPSA) is 98.0 Å². The highest BCUT2D eigenvalue weighted by molar-refractivity contribution is 6.05. The zero-order chi connectivity index (χ0) is 17.3. The van der Waals surface area contributed by atoms with Crippen LogP contribution in [0.1, 0.15) is 48.5 Å². The maximum atomic E-state index is 12.2. The molecular weight excluding hydrogens is 304 g/mol. The summed E-state index contributed by atoms with van der Waals surface area (Å²) in [5.74, 6) is -0.0161. The van der Waals surface area contributed by atoms with Gasteiger partial charge in [0.1, 0.15) is 5.82 Å². The van der Waals surface area contributed by atoms with Gasteiger partial charge in [0.15, 0.2) is 0 Å². The largest absolute Gasteiger partial charge is 0.366 e. The first-order chi connectivity index (χ1) is 11.5. The number of rotatable bonds is 5. The van der Waals surface area contributed by atoms with Crippen LogP contribution in [0.15, 0.2) is 30.7 Å². The van der Waals surface area contributed by atoms with E-state index < -0.39 is 5.91 Å². The van der Waals surface area contributed by atoms with Crippen LogP contribution < -0.4 is 11.1 Å². The molecule has 1 aliphatic rings. The summed E-state index contributed by atoms with van der Waals surface area (Å²) >= 11 is 0. The monoisotopic (exact) mass is 324 g/mol. The van der Waals surface area contributed by atoms with Gasteiger partial charge in [-0.15, -0.1) is 0 Å². The van der Waals surface area contributed by atoms with E-state index in [-0.39, 0.29) is 17.7 Å². The summed E-state index contributed by atoms with van der Waals surface area (Å²) in [6.07, 6.45) is 6.66. The Bertz CT molecular complexity index is 797. The molecule has 0 saturated heterocycles. The number of amides is 2. The molecule has 24 heavy (non-hydrogen) atoms. The summed E-state index contributed by atoms with van der Waals surface area (Å²) in [6.45, 7) is 4.11. The van der Waals surface area contributed by atoms with Crippen molar-refractivity contribution in [3.05, 3.63) is 41.9 Å². The first-order valence-corrected chi connectivity index (χ1v) is 8.03. The van der Waals surface area contributed by atoms with Crippen molar-refractivity contribution >= 4 is 17.6 Å². The van der Waals surface area contributed by atoms with Crippen LogP contribution in [0.4, 0.5) is 5.82 Å². The van der Waals surface area contributed by atoms with Crippen molar-refractivity contribution in [2.24, 2.45) is 11.7 Å². The minimum atomic E-state index is -0.562. The standard InChI is InChI=1S/C18H20N4O2/c1-10(2)12-5-7-20-9-14(12)15-13(16(19)23)6-8-21-17(15)22-18(24)11-3-4-11/h5-11H,3-4H2,1-2H3,(H2,19,23)(H,21,22,24). The number of aromatic nitrogens is 2. The van der Waals surface area contributed by atoms with Crippen molar-refractivity contribution < 1.29 is 9.59 Å². The number of carbonyl (C=O) groups is 2. The lowest BCUT2D eigenvalue weighted by molar-refractivity contribution is -0.117. The van der Waals surface area contributed by atoms with E-state index in [1.165, 1.54) is 6.20 Å². The highest BCUT2D eigenvalue weighted by atomic mass is 16.2. The van der Waals surface area contributed by atoms with Gasteiger partial charge in [0.05, 0.1) is 5.56 Å². The average Bonchev–Trinajstić information content (AvgIpc) is 3.39. The summed E-state index contributed by atoms with van der Waals surface area (Å²) in [7, 11) is 0. The highest BCUT2D eigenvalue weighted by Gasteiger charge is 2.31. The zero-order valence-corrected chi connectivity index (χ0v) is 13.7. The summed E-state index contributed by atoms with van der Waals surface area (Å²) in [6, 6.07) is 3.48. The molecule has 1 saturated carbocycles. The van der Waals surface area contributed by atoms with E-state index in [1.807, 2.05) is 6.07 Å². The van der Waals surface area contributed by atoms with E-state index in [4.69, 9.17) is 5.73 Å². The molecule has 3 N–H and O–H groups in total. The molecule has 0 bridgehead atoms. The molecule has 0 spiro atoms. The van der Waals surface area contributed by atoms with E-state index in [2.05, 4.69) is 29.1 Å². The summed E-state index contributed by atoms with van der Waals surface area (Å²) < 4.78 is 0. The lowest BCUT2D eigenvalue weighted by Gasteiger charge is -2.17. The van der Waals surface area contributed by atoms with Crippen LogP contribution in [0.2, 0.25) is 0 Å². The Morgan fingerprint density at radius 1 is 1.25 bits per heavy atom. The minimum Gasteiger partial charge on any atom is -0.366 e. The molecule has 2 heterocycles. The normalized spacial score (nSPS) is 13.8. The van der Waals surface area contributed by atoms with Crippen molar-refractivity contribution in [3.8, 4) is 11.1 Å². The van der Waals surface area contributed by atoms with Crippen molar-refractivity contribution in [1.29, 1.82) is 0 Å². The molecular formula is C18H20N4O2. The molecule has 0 unspecified atom stereocenters. The maximum Gasteiger partial charge on any atom is 0.249 e. The fourth-order valence-electron chi connectivity index (χ4n) is 2.72. The first-order valence-electron chi connectivity index (χ1n) is 8.03. The predicted octanol–water partition coefficient (Wildman–Crippen LogP) is 2.71. The number of nitrogens with zero attached hydrogens (tertiary/aromatic N) is 2. The summed E-state index contributed by atoms with van der Waals surface area (Å²) in [5, 5.41) is 2.85. The van der Waals surface area contributed by atoms with Crippen LogP contribution in [0, 0.1) is 5.92 Å². The zero-order valence-electron chi connectivity index (χ0n) is 13.7. The number of nitrogens with one attached hydrogen (secondary N) is 1. The molecule has 2 aromatic rings. The van der Waals surface area contributed by atoms with Gasteiger partial charge in [-0.1, -0.05) is 13.8 Å². The van der Waals surface area contributed by atoms with Gasteiger partial charge >= 0.3 is 0 Å². The number of primary amides is 1. The van der Waals surface area contributed by atoms with E-state index >= 15 is 0 Å². The van der Waals surface area contributed by atoms with Gasteiger partial charge in [0, 0.05) is 35.6 Å². The second-order valence-corrected chi connectivity index (χ2v) is 6.33. The van der Waals surface area contributed by atoms with Gasteiger partial charge in [-0.2, -0.15) is 0 Å². The second-order valence-electron chi connectivity index (χ2n) is 6.33. The van der Waals surface area contributed by atoms with Crippen LogP contribution in [-0.2, 0) is 4.79 Å². The Hall–Kier alpha value is -2.76. The third-order valence-corrected chi connectivity index (χ3v) is 4.15. The van der Waals surface area contributed by atoms with Crippen LogP contribution in [0.3, 0.4) is 0 Å². The minimum absolute atomic E-state index is 0.0374. The molecule has 6 nitrogen and oxygen atoms in total. The van der Waals surface area contributed by atoms with Gasteiger partial charge in [0.25, 0.3) is 0 Å². The first kappa shape index (κ1) is 16.1. The van der Waals surface area contributed by atoms with E-state index in [0.717, 1.165) is 24.0 Å². The quantitative estimate of drug-likeness (QED) is 0.883. The fraction of sp³-hybridized carbons (Fsp3) is 0.333. The van der Waals surface area contributed by atoms with Crippen LogP contribution in [0.5, 0.6) is 0 Å². The van der Waals surface area contributed by atoms with Crippen molar-refractivity contribution in [1.82, 2.24) is 9.97 Å². The Morgan fingerprint density at radius 3 is 2.62 bits per heavy atom. The Morgan fingerprint density at radius 2 is 2.00 bits per heavy atom. The highest BCUT2D eigenvalue weighted by Crippen LogP contribution is 2.36. The fourth-order valence-corrected chi connectivity index (χ4v) is 2.72. The average molecular weight is 324 g/mol. The second kappa shape index (κ2) is 6.39. The van der Waals surface area contributed by atoms with Crippen molar-refractivity contribution in [2.75, 3.05) is 5.32 Å². The number of anilines is 1. The van der Waals surface area contributed by atoms with E-state index in [9.17, 15) is 9.59 Å². The molecule has 0 aromatic carbocycles. The van der Waals surface area contributed by atoms with Gasteiger partial charge in [-0.25, -0.2) is 4.98 Å². The van der Waals surface area contributed by atoms with Crippen LogP contribution >= 0.6 is 0 Å². The van der Waals surface area contributed by atoms with Gasteiger partial charge in [-0.05, 0) is 36.5 Å². The molecule has 6 heteroatoms. The van der Waals surface area contributed by atoms with E-state index in [0.29, 0.717) is 16.9 Å². The Balaban J connectivity index is 2.17. The molecule has 3 rings (SSSR count). The van der Waals surface area contributed by atoms with Crippen molar-refractivity contribution in [2.45, 2.75) is 32.6 Å². The van der Waals surface area contributed by atoms with Crippen molar-refractivity contribution in [3.63, 3.8) is 0 Å². The third kappa shape index (κ3) is 3.13. The summed E-state index contributed by atoms with van der Waals surface area (Å²) in [5.41, 5.74) is 8.19. The summed E-state index contributed by atoms with van der Waals surface area (Å²) in [4.78, 5) is 32.6. The Labute approximate surface area is 140 Å². The van der Waals surface area contributed by atoms with Crippen LogP contribution in [-0.4, -0.2) is 21.8 Å². The van der Waals surface area contributed by atoms with Gasteiger partial charge in [0.2, 0.25) is 11.8 Å². The molecule has 1 fully saturated rings. The molecule has 0 aliphatic heterocycles. The number of pyridine rings is 2. The number of carbonyl (C=O) groups excluding carboxylic acids is 2.